The van der Waals surface area contributed by atoms with Crippen LogP contribution >= 0.6 is 0 Å². The third kappa shape index (κ3) is 3.59. The maximum atomic E-state index is 12.3. The second-order valence-electron chi connectivity index (χ2n) is 7.10. The van der Waals surface area contributed by atoms with Gasteiger partial charge in [0.15, 0.2) is 12.1 Å². The first-order valence-corrected chi connectivity index (χ1v) is 10.4. The molecule has 5 atom stereocenters. The highest BCUT2D eigenvalue weighted by Gasteiger charge is 2.56. The molecule has 0 aromatic heterocycles. The van der Waals surface area contributed by atoms with Gasteiger partial charge in [0.05, 0.1) is 11.5 Å². The molecular formula is C20H22O7S. The third-order valence-corrected chi connectivity index (χ3v) is 6.29. The lowest BCUT2D eigenvalue weighted by molar-refractivity contribution is -0.233. The lowest BCUT2D eigenvalue weighted by Crippen LogP contribution is -2.37. The number of hydrogen-bond acceptors (Lipinski definition) is 7. The summed E-state index contributed by atoms with van der Waals surface area (Å²) in [5.41, 5.74) is 1.74. The van der Waals surface area contributed by atoms with E-state index in [0.29, 0.717) is 0 Å². The van der Waals surface area contributed by atoms with Crippen LogP contribution in [0.15, 0.2) is 59.5 Å². The second kappa shape index (κ2) is 7.22. The zero-order valence-corrected chi connectivity index (χ0v) is 16.3. The predicted octanol–water partition coefficient (Wildman–Crippen LogP) is 2.07. The van der Waals surface area contributed by atoms with E-state index in [1.165, 1.54) is 12.1 Å². The predicted molar refractivity (Wildman–Crippen MR) is 98.7 cm³/mol. The van der Waals surface area contributed by atoms with Crippen LogP contribution in [0.5, 0.6) is 0 Å². The maximum absolute atomic E-state index is 12.3. The van der Waals surface area contributed by atoms with Crippen LogP contribution in [-0.2, 0) is 34.3 Å². The summed E-state index contributed by atoms with van der Waals surface area (Å²) in [6.07, 6.45) is -3.50. The fraction of sp³-hybridized carbons (Fsp3) is 0.400. The minimum atomic E-state index is -3.95. The van der Waals surface area contributed by atoms with E-state index >= 15 is 0 Å². The van der Waals surface area contributed by atoms with Gasteiger partial charge in [0, 0.05) is 5.56 Å². The first kappa shape index (κ1) is 19.5. The second-order valence-corrected chi connectivity index (χ2v) is 8.71. The van der Waals surface area contributed by atoms with Gasteiger partial charge in [0.25, 0.3) is 10.1 Å². The van der Waals surface area contributed by atoms with E-state index in [4.69, 9.17) is 18.4 Å². The van der Waals surface area contributed by atoms with Crippen molar-refractivity contribution in [1.29, 1.82) is 0 Å². The Morgan fingerprint density at radius 1 is 1.07 bits per heavy atom. The van der Waals surface area contributed by atoms with Gasteiger partial charge in [0.1, 0.15) is 18.3 Å². The van der Waals surface area contributed by atoms with Crippen LogP contribution in [0.2, 0.25) is 0 Å². The van der Waals surface area contributed by atoms with Gasteiger partial charge in [-0.2, -0.15) is 8.42 Å². The average Bonchev–Trinajstić information content (AvgIpc) is 3.16. The Labute approximate surface area is 163 Å². The number of aryl methyl sites for hydroxylation is 1. The molecule has 8 heteroatoms. The fourth-order valence-corrected chi connectivity index (χ4v) is 4.30. The van der Waals surface area contributed by atoms with Gasteiger partial charge in [0.2, 0.25) is 0 Å². The van der Waals surface area contributed by atoms with Crippen molar-refractivity contribution < 1.29 is 31.9 Å². The van der Waals surface area contributed by atoms with Gasteiger partial charge >= 0.3 is 0 Å². The molecule has 0 aliphatic carbocycles. The van der Waals surface area contributed by atoms with E-state index in [2.05, 4.69) is 0 Å². The van der Waals surface area contributed by atoms with E-state index in [0.717, 1.165) is 11.1 Å². The molecule has 2 aliphatic heterocycles. The van der Waals surface area contributed by atoms with Crippen LogP contribution in [0.25, 0.3) is 0 Å². The van der Waals surface area contributed by atoms with Gasteiger partial charge in [-0.1, -0.05) is 48.0 Å². The van der Waals surface area contributed by atoms with Crippen LogP contribution in [0.1, 0.15) is 18.1 Å². The lowest BCUT2D eigenvalue weighted by atomic mass is 10.1. The number of rotatable bonds is 5. The topological polar surface area (TPSA) is 91.3 Å². The van der Waals surface area contributed by atoms with Crippen molar-refractivity contribution in [1.82, 2.24) is 0 Å². The molecule has 1 N–H and O–H groups in total. The van der Waals surface area contributed by atoms with Crippen LogP contribution in [0.4, 0.5) is 0 Å². The molecule has 7 nitrogen and oxygen atoms in total. The van der Waals surface area contributed by atoms with Crippen molar-refractivity contribution >= 4 is 10.1 Å². The minimum absolute atomic E-state index is 0.0509. The summed E-state index contributed by atoms with van der Waals surface area (Å²) in [6.45, 7) is 3.28. The average molecular weight is 406 g/mol. The number of aliphatic hydroxyl groups is 1. The van der Waals surface area contributed by atoms with E-state index in [1.54, 1.807) is 19.1 Å². The molecule has 2 heterocycles. The molecule has 0 bridgehead atoms. The molecule has 28 heavy (non-hydrogen) atoms. The van der Waals surface area contributed by atoms with Crippen molar-refractivity contribution in [3.63, 3.8) is 0 Å². The van der Waals surface area contributed by atoms with Crippen molar-refractivity contribution in [2.45, 2.75) is 49.1 Å². The first-order valence-electron chi connectivity index (χ1n) is 8.99. The van der Waals surface area contributed by atoms with E-state index < -0.39 is 40.5 Å². The minimum Gasteiger partial charge on any atom is -0.387 e. The van der Waals surface area contributed by atoms with Crippen molar-refractivity contribution in [2.75, 3.05) is 6.61 Å². The molecule has 150 valence electrons. The number of benzene rings is 2. The van der Waals surface area contributed by atoms with E-state index in [9.17, 15) is 13.5 Å². The molecule has 0 amide bonds. The molecule has 2 aromatic rings. The summed E-state index contributed by atoms with van der Waals surface area (Å²) in [4.78, 5) is 0.0509. The van der Waals surface area contributed by atoms with Gasteiger partial charge < -0.3 is 19.3 Å². The van der Waals surface area contributed by atoms with E-state index in [1.807, 2.05) is 37.3 Å². The summed E-state index contributed by atoms with van der Waals surface area (Å²) in [6, 6.07) is 15.7. The normalized spacial score (nSPS) is 32.4. The highest BCUT2D eigenvalue weighted by molar-refractivity contribution is 7.86. The number of hydrogen-bond donors (Lipinski definition) is 1. The zero-order chi connectivity index (χ0) is 19.9. The third-order valence-electron chi connectivity index (χ3n) is 4.99. The Balaban J connectivity index is 1.40. The fourth-order valence-electron chi connectivity index (χ4n) is 3.38. The van der Waals surface area contributed by atoms with Gasteiger partial charge in [-0.25, -0.2) is 0 Å². The summed E-state index contributed by atoms with van der Waals surface area (Å²) >= 11 is 0. The van der Waals surface area contributed by atoms with Crippen LogP contribution in [0, 0.1) is 6.92 Å². The van der Waals surface area contributed by atoms with Crippen molar-refractivity contribution in [2.24, 2.45) is 0 Å². The van der Waals surface area contributed by atoms with Crippen LogP contribution < -0.4 is 0 Å². The number of ether oxygens (including phenoxy) is 3. The highest BCUT2D eigenvalue weighted by atomic mass is 32.2. The van der Waals surface area contributed by atoms with Crippen LogP contribution in [-0.4, -0.2) is 44.7 Å². The molecule has 0 radical (unpaired) electrons. The van der Waals surface area contributed by atoms with E-state index in [-0.39, 0.29) is 11.5 Å². The Morgan fingerprint density at radius 2 is 1.75 bits per heavy atom. The number of aliphatic hydroxyl groups excluding tert-OH is 1. The Hall–Kier alpha value is -1.81. The SMILES string of the molecule is Cc1ccc(S(=O)(=O)OC[C@H]2O[C@@H]3OC(C)(c4ccccc4)O[C@@H]3[C@H]2O)cc1. The van der Waals surface area contributed by atoms with Crippen molar-refractivity contribution in [3.05, 3.63) is 65.7 Å². The standard InChI is InChI=1S/C20H22O7S/c1-13-8-10-15(11-9-13)28(22,23)24-12-16-17(21)18-19(25-16)27-20(2,26-18)14-6-4-3-5-7-14/h3-11,16-19,21H,12H2,1-2H3/t16-,17+,18-,19-,20?/m1/s1. The molecule has 2 aromatic carbocycles. The highest BCUT2D eigenvalue weighted by Crippen LogP contribution is 2.43. The monoisotopic (exact) mass is 406 g/mol. The Morgan fingerprint density at radius 3 is 2.39 bits per heavy atom. The molecule has 2 aliphatic rings. The molecule has 1 unspecified atom stereocenters. The molecule has 2 saturated heterocycles. The summed E-state index contributed by atoms with van der Waals surface area (Å²) in [7, 11) is -3.95. The lowest BCUT2D eigenvalue weighted by Gasteiger charge is -2.27. The molecule has 2 fully saturated rings. The van der Waals surface area contributed by atoms with Crippen molar-refractivity contribution in [3.8, 4) is 0 Å². The van der Waals surface area contributed by atoms with Gasteiger partial charge in [-0.15, -0.1) is 0 Å². The summed E-state index contributed by atoms with van der Waals surface area (Å²) in [5.74, 6) is -1.04. The van der Waals surface area contributed by atoms with Gasteiger partial charge in [-0.3, -0.25) is 4.18 Å². The summed E-state index contributed by atoms with van der Waals surface area (Å²) in [5, 5.41) is 10.5. The first-order chi connectivity index (χ1) is 13.3. The molecule has 4 rings (SSSR count). The molecular weight excluding hydrogens is 384 g/mol. The maximum Gasteiger partial charge on any atom is 0.297 e. The van der Waals surface area contributed by atoms with Gasteiger partial charge in [-0.05, 0) is 26.0 Å². The zero-order valence-electron chi connectivity index (χ0n) is 15.5. The summed E-state index contributed by atoms with van der Waals surface area (Å²) < 4.78 is 47.2. The van der Waals surface area contributed by atoms with Crippen LogP contribution in [0.3, 0.4) is 0 Å². The quantitative estimate of drug-likeness (QED) is 0.760. The molecule has 0 spiro atoms. The molecule has 0 saturated carbocycles. The largest absolute Gasteiger partial charge is 0.387 e. The smallest absolute Gasteiger partial charge is 0.297 e. The number of fused-ring (bicyclic) bond motifs is 1. The Bertz CT molecular complexity index is 929. The Kier molecular flexibility index (Phi) is 5.03.